The maximum Gasteiger partial charge on any atom is 0.472 e. The number of carbonyl (C=O) groups is 2. The summed E-state index contributed by atoms with van der Waals surface area (Å²) in [7, 11) is -4.38. The van der Waals surface area contributed by atoms with Crippen LogP contribution in [0.15, 0.2) is 36.5 Å². The van der Waals surface area contributed by atoms with E-state index in [9.17, 15) is 19.0 Å². The van der Waals surface area contributed by atoms with Gasteiger partial charge in [0.15, 0.2) is 6.10 Å². The summed E-state index contributed by atoms with van der Waals surface area (Å²) >= 11 is 0. The fraction of sp³-hybridized carbons (Fsp3) is 0.805. The zero-order valence-electron chi connectivity index (χ0n) is 32.6. The predicted octanol–water partition coefficient (Wildman–Crippen LogP) is 11.4. The van der Waals surface area contributed by atoms with E-state index in [2.05, 4.69) is 50.3 Å². The molecular formula is C41H76NO8P. The molecule has 0 saturated heterocycles. The van der Waals surface area contributed by atoms with E-state index < -0.39 is 32.5 Å². The minimum atomic E-state index is -4.38. The molecule has 0 heterocycles. The summed E-state index contributed by atoms with van der Waals surface area (Å²) in [5.74, 6) is -0.863. The predicted molar refractivity (Wildman–Crippen MR) is 210 cm³/mol. The standard InChI is InChI=1S/C41H76NO8P/c1-3-5-7-9-11-13-15-17-19-21-23-25-27-29-31-33-40(43)47-37-39(38-49-51(45,46)48-36-35-42)50-41(44)34-32-30-28-26-24-22-20-18-16-14-12-10-8-6-4-2/h11,13,17,19,22,24,39H,3-10,12,14-16,18,20-21,23,25-38,42H2,1-2H3,(H,45,46)/b13-11+,19-17+,24-22+/t39-/m1/s1. The van der Waals surface area contributed by atoms with E-state index in [-0.39, 0.29) is 32.6 Å². The minimum Gasteiger partial charge on any atom is -0.462 e. The first kappa shape index (κ1) is 49.2. The molecule has 0 spiro atoms. The molecule has 3 N–H and O–H groups in total. The van der Waals surface area contributed by atoms with E-state index in [0.29, 0.717) is 12.8 Å². The first-order valence-electron chi connectivity index (χ1n) is 20.5. The number of rotatable bonds is 38. The van der Waals surface area contributed by atoms with Crippen LogP contribution < -0.4 is 5.73 Å². The van der Waals surface area contributed by atoms with Crippen molar-refractivity contribution in [2.75, 3.05) is 26.4 Å². The smallest absolute Gasteiger partial charge is 0.462 e. The van der Waals surface area contributed by atoms with Crippen LogP contribution in [0.3, 0.4) is 0 Å². The fourth-order valence-corrected chi connectivity index (χ4v) is 6.19. The van der Waals surface area contributed by atoms with Crippen molar-refractivity contribution in [1.29, 1.82) is 0 Å². The summed E-state index contributed by atoms with van der Waals surface area (Å²) in [4.78, 5) is 34.8. The van der Waals surface area contributed by atoms with Crippen molar-refractivity contribution in [2.45, 2.75) is 187 Å². The maximum absolute atomic E-state index is 12.5. The Morgan fingerprint density at radius 2 is 1.02 bits per heavy atom. The van der Waals surface area contributed by atoms with Gasteiger partial charge in [0.2, 0.25) is 0 Å². The second kappa shape index (κ2) is 38.0. The van der Waals surface area contributed by atoms with Gasteiger partial charge in [0.05, 0.1) is 13.2 Å². The van der Waals surface area contributed by atoms with E-state index in [1.807, 2.05) is 0 Å². The van der Waals surface area contributed by atoms with Crippen LogP contribution in [-0.4, -0.2) is 49.3 Å². The molecule has 0 rings (SSSR count). The van der Waals surface area contributed by atoms with Gasteiger partial charge in [-0.25, -0.2) is 4.57 Å². The summed E-state index contributed by atoms with van der Waals surface area (Å²) < 4.78 is 32.7. The first-order chi connectivity index (χ1) is 24.8. The summed E-state index contributed by atoms with van der Waals surface area (Å²) in [6.07, 6.45) is 40.3. The molecule has 0 aromatic carbocycles. The molecule has 0 saturated carbocycles. The number of hydrogen-bond donors (Lipinski definition) is 2. The van der Waals surface area contributed by atoms with Gasteiger partial charge in [-0.15, -0.1) is 0 Å². The molecule has 0 bridgehead atoms. The highest BCUT2D eigenvalue weighted by atomic mass is 31.2. The number of phosphoric acid groups is 1. The second-order valence-corrected chi connectivity index (χ2v) is 14.9. The van der Waals surface area contributed by atoms with Crippen LogP contribution in [0.5, 0.6) is 0 Å². The van der Waals surface area contributed by atoms with Crippen LogP contribution in [0, 0.1) is 0 Å². The van der Waals surface area contributed by atoms with Gasteiger partial charge >= 0.3 is 19.8 Å². The monoisotopic (exact) mass is 742 g/mol. The number of allylic oxidation sites excluding steroid dienone is 6. The van der Waals surface area contributed by atoms with Crippen LogP contribution >= 0.6 is 7.82 Å². The van der Waals surface area contributed by atoms with Gasteiger partial charge in [-0.2, -0.15) is 0 Å². The zero-order chi connectivity index (χ0) is 37.5. The summed E-state index contributed by atoms with van der Waals surface area (Å²) in [5, 5.41) is 0. The Hall–Kier alpha value is -1.77. The third-order valence-corrected chi connectivity index (χ3v) is 9.48. The van der Waals surface area contributed by atoms with Crippen molar-refractivity contribution in [3.05, 3.63) is 36.5 Å². The Bertz CT molecular complexity index is 939. The van der Waals surface area contributed by atoms with Crippen molar-refractivity contribution < 1.29 is 37.6 Å². The minimum absolute atomic E-state index is 0.0488. The van der Waals surface area contributed by atoms with Gasteiger partial charge < -0.3 is 20.1 Å². The van der Waals surface area contributed by atoms with E-state index in [1.165, 1.54) is 77.0 Å². The van der Waals surface area contributed by atoms with Gasteiger partial charge in [0.25, 0.3) is 0 Å². The molecule has 51 heavy (non-hydrogen) atoms. The van der Waals surface area contributed by atoms with Crippen molar-refractivity contribution in [1.82, 2.24) is 0 Å². The second-order valence-electron chi connectivity index (χ2n) is 13.5. The van der Waals surface area contributed by atoms with Gasteiger partial charge in [-0.3, -0.25) is 18.6 Å². The number of esters is 2. The van der Waals surface area contributed by atoms with Crippen LogP contribution in [-0.2, 0) is 32.7 Å². The molecule has 0 aliphatic heterocycles. The van der Waals surface area contributed by atoms with Crippen molar-refractivity contribution in [3.63, 3.8) is 0 Å². The van der Waals surface area contributed by atoms with Gasteiger partial charge in [0, 0.05) is 19.4 Å². The van der Waals surface area contributed by atoms with Gasteiger partial charge in [-0.05, 0) is 70.6 Å². The van der Waals surface area contributed by atoms with E-state index in [0.717, 1.165) is 64.2 Å². The SMILES string of the molecule is CCCCC/C=C/C/C=C/CCCCCCCC(=O)OC[C@H](COP(=O)(O)OCCN)OC(=O)CCCCC/C=C/CCCCCCCCCC. The number of carbonyl (C=O) groups excluding carboxylic acids is 2. The lowest BCUT2D eigenvalue weighted by Crippen LogP contribution is -2.29. The Balaban J connectivity index is 4.24. The summed E-state index contributed by atoms with van der Waals surface area (Å²) in [6.45, 7) is 3.66. The van der Waals surface area contributed by atoms with Crippen molar-refractivity contribution >= 4 is 19.8 Å². The molecule has 9 nitrogen and oxygen atoms in total. The van der Waals surface area contributed by atoms with Crippen molar-refractivity contribution in [2.24, 2.45) is 5.73 Å². The first-order valence-corrected chi connectivity index (χ1v) is 22.0. The van der Waals surface area contributed by atoms with Gasteiger partial charge in [0.1, 0.15) is 6.61 Å². The summed E-state index contributed by atoms with van der Waals surface area (Å²) in [6, 6.07) is 0. The molecule has 0 aliphatic carbocycles. The Kier molecular flexibility index (Phi) is 36.7. The largest absolute Gasteiger partial charge is 0.472 e. The molecular weight excluding hydrogens is 665 g/mol. The number of nitrogens with two attached hydrogens (primary N) is 1. The Morgan fingerprint density at radius 3 is 1.57 bits per heavy atom. The third-order valence-electron chi connectivity index (χ3n) is 8.50. The Labute approximate surface area is 312 Å². The number of phosphoric ester groups is 1. The highest BCUT2D eigenvalue weighted by molar-refractivity contribution is 7.47. The highest BCUT2D eigenvalue weighted by Gasteiger charge is 2.25. The number of unbranched alkanes of at least 4 members (excludes halogenated alkanes) is 19. The zero-order valence-corrected chi connectivity index (χ0v) is 33.5. The molecule has 0 aliphatic rings. The molecule has 0 aromatic heterocycles. The van der Waals surface area contributed by atoms with E-state index in [1.54, 1.807) is 0 Å². The average molecular weight is 742 g/mol. The molecule has 0 aromatic rings. The van der Waals surface area contributed by atoms with Crippen LogP contribution in [0.1, 0.15) is 181 Å². The lowest BCUT2D eigenvalue weighted by Gasteiger charge is -2.19. The number of hydrogen-bond acceptors (Lipinski definition) is 8. The maximum atomic E-state index is 12.5. The third kappa shape index (κ3) is 37.8. The van der Waals surface area contributed by atoms with Crippen molar-refractivity contribution in [3.8, 4) is 0 Å². The molecule has 1 unspecified atom stereocenters. The highest BCUT2D eigenvalue weighted by Crippen LogP contribution is 2.43. The lowest BCUT2D eigenvalue weighted by atomic mass is 10.1. The number of ether oxygens (including phenoxy) is 2. The van der Waals surface area contributed by atoms with E-state index >= 15 is 0 Å². The molecule has 2 atom stereocenters. The van der Waals surface area contributed by atoms with Crippen LogP contribution in [0.4, 0.5) is 0 Å². The normalized spacial score (nSPS) is 13.7. The average Bonchev–Trinajstić information content (AvgIpc) is 3.11. The molecule has 0 fully saturated rings. The van der Waals surface area contributed by atoms with Gasteiger partial charge in [-0.1, -0.05) is 134 Å². The molecule has 298 valence electrons. The molecule has 0 radical (unpaired) electrons. The summed E-state index contributed by atoms with van der Waals surface area (Å²) in [5.41, 5.74) is 5.34. The quantitative estimate of drug-likeness (QED) is 0.0274. The van der Waals surface area contributed by atoms with Crippen LogP contribution in [0.2, 0.25) is 0 Å². The topological polar surface area (TPSA) is 134 Å². The molecule has 10 heteroatoms. The van der Waals surface area contributed by atoms with E-state index in [4.69, 9.17) is 24.3 Å². The van der Waals surface area contributed by atoms with Crippen LogP contribution in [0.25, 0.3) is 0 Å². The lowest BCUT2D eigenvalue weighted by molar-refractivity contribution is -0.161. The Morgan fingerprint density at radius 1 is 0.588 bits per heavy atom. The molecule has 0 amide bonds. The fourth-order valence-electron chi connectivity index (χ4n) is 5.42.